The molecule has 0 aromatic heterocycles. The topological polar surface area (TPSA) is 132 Å². The number of hydrogen-bond acceptors (Lipinski definition) is 6. The summed E-state index contributed by atoms with van der Waals surface area (Å²) in [5, 5.41) is 8.25. The van der Waals surface area contributed by atoms with Gasteiger partial charge in [-0.15, -0.1) is 0 Å². The third-order valence-electron chi connectivity index (χ3n) is 6.85. The largest absolute Gasteiger partial charge is 0.468 e. The van der Waals surface area contributed by atoms with Gasteiger partial charge in [0.25, 0.3) is 5.91 Å². The molecule has 2 aromatic rings. The summed E-state index contributed by atoms with van der Waals surface area (Å²) in [4.78, 5) is 38.4. The van der Waals surface area contributed by atoms with Crippen LogP contribution in [-0.2, 0) is 25.7 Å². The van der Waals surface area contributed by atoms with E-state index >= 15 is 0 Å². The highest BCUT2D eigenvalue weighted by atomic mass is 16.5. The molecule has 0 radical (unpaired) electrons. The summed E-state index contributed by atoms with van der Waals surface area (Å²) < 4.78 is 11.4. The SMILES string of the molecule is NC(COCc1ccccc1)C(=O)NC(CC1CCCCC1)C(=O)NC1C(=O)NC1Oc1ccccc1. The molecule has 0 spiro atoms. The van der Waals surface area contributed by atoms with Crippen LogP contribution in [0.15, 0.2) is 60.7 Å². The van der Waals surface area contributed by atoms with Crippen molar-refractivity contribution in [3.8, 4) is 5.75 Å². The molecule has 1 aliphatic carbocycles. The lowest BCUT2D eigenvalue weighted by Crippen LogP contribution is -2.72. The zero-order valence-corrected chi connectivity index (χ0v) is 20.9. The van der Waals surface area contributed by atoms with Crippen LogP contribution in [0.3, 0.4) is 0 Å². The Morgan fingerprint density at radius 3 is 2.32 bits per heavy atom. The van der Waals surface area contributed by atoms with Crippen molar-refractivity contribution >= 4 is 17.7 Å². The van der Waals surface area contributed by atoms with E-state index in [9.17, 15) is 14.4 Å². The predicted molar refractivity (Wildman–Crippen MR) is 138 cm³/mol. The second-order valence-electron chi connectivity index (χ2n) is 9.75. The monoisotopic (exact) mass is 508 g/mol. The van der Waals surface area contributed by atoms with Crippen molar-refractivity contribution < 1.29 is 23.9 Å². The number of amides is 3. The fourth-order valence-corrected chi connectivity index (χ4v) is 4.71. The van der Waals surface area contributed by atoms with Crippen LogP contribution < -0.4 is 26.4 Å². The number of rotatable bonds is 12. The molecule has 9 nitrogen and oxygen atoms in total. The molecule has 1 saturated heterocycles. The van der Waals surface area contributed by atoms with Crippen LogP contribution in [-0.4, -0.2) is 48.7 Å². The molecule has 3 amide bonds. The van der Waals surface area contributed by atoms with Gasteiger partial charge in [0.1, 0.15) is 17.8 Å². The van der Waals surface area contributed by atoms with Crippen LogP contribution in [0, 0.1) is 5.92 Å². The van der Waals surface area contributed by atoms with E-state index in [2.05, 4.69) is 16.0 Å². The van der Waals surface area contributed by atoms with Crippen molar-refractivity contribution in [2.45, 2.75) is 69.5 Å². The first kappa shape index (κ1) is 26.6. The van der Waals surface area contributed by atoms with Gasteiger partial charge in [0.2, 0.25) is 18.0 Å². The van der Waals surface area contributed by atoms with Gasteiger partial charge in [0.05, 0.1) is 13.2 Å². The molecule has 1 heterocycles. The van der Waals surface area contributed by atoms with Crippen molar-refractivity contribution in [1.82, 2.24) is 16.0 Å². The summed E-state index contributed by atoms with van der Waals surface area (Å²) >= 11 is 0. The summed E-state index contributed by atoms with van der Waals surface area (Å²) in [6.45, 7) is 0.365. The molecular formula is C28H36N4O5. The highest BCUT2D eigenvalue weighted by Gasteiger charge is 2.43. The molecule has 2 fully saturated rings. The average Bonchev–Trinajstić information content (AvgIpc) is 2.92. The zero-order chi connectivity index (χ0) is 26.0. The maximum absolute atomic E-state index is 13.3. The van der Waals surface area contributed by atoms with Crippen LogP contribution in [0.2, 0.25) is 0 Å². The van der Waals surface area contributed by atoms with Gasteiger partial charge in [-0.3, -0.25) is 14.4 Å². The molecular weight excluding hydrogens is 472 g/mol. The Balaban J connectivity index is 1.33. The van der Waals surface area contributed by atoms with Crippen molar-refractivity contribution in [2.24, 2.45) is 11.7 Å². The quantitative estimate of drug-likeness (QED) is 0.324. The van der Waals surface area contributed by atoms with Crippen LogP contribution >= 0.6 is 0 Å². The number of benzene rings is 2. The number of ether oxygens (including phenoxy) is 2. The molecule has 1 saturated carbocycles. The summed E-state index contributed by atoms with van der Waals surface area (Å²) in [7, 11) is 0. The van der Waals surface area contributed by atoms with Crippen LogP contribution in [0.1, 0.15) is 44.1 Å². The third kappa shape index (κ3) is 7.77. The standard InChI is InChI=1S/C28H36N4O5/c29-22(18-36-17-20-12-6-2-7-13-20)25(33)30-23(16-19-10-4-1-5-11-19)26(34)31-24-27(35)32-28(24)37-21-14-8-3-9-15-21/h2-3,6-9,12-15,19,22-24,28H,1,4-5,10-11,16-18,29H2,(H,30,33)(H,31,34)(H,32,35). The number of nitrogens with two attached hydrogens (primary N) is 1. The highest BCUT2D eigenvalue weighted by Crippen LogP contribution is 2.27. The lowest BCUT2D eigenvalue weighted by molar-refractivity contribution is -0.144. The maximum Gasteiger partial charge on any atom is 0.251 e. The number of nitrogens with one attached hydrogen (secondary N) is 3. The molecule has 4 rings (SSSR count). The first-order valence-corrected chi connectivity index (χ1v) is 13.0. The Morgan fingerprint density at radius 1 is 0.973 bits per heavy atom. The summed E-state index contributed by atoms with van der Waals surface area (Å²) in [6.07, 6.45) is 5.23. The first-order valence-electron chi connectivity index (χ1n) is 13.0. The molecule has 2 aliphatic rings. The number of β-lactam (4-membered cyclic amide) rings is 1. The van der Waals surface area contributed by atoms with E-state index in [0.717, 1.165) is 31.2 Å². The van der Waals surface area contributed by atoms with Gasteiger partial charge >= 0.3 is 0 Å². The first-order chi connectivity index (χ1) is 18.0. The Morgan fingerprint density at radius 2 is 1.65 bits per heavy atom. The molecule has 37 heavy (non-hydrogen) atoms. The Hall–Kier alpha value is -3.43. The number of para-hydroxylation sites is 1. The molecule has 4 atom stereocenters. The van der Waals surface area contributed by atoms with Gasteiger partial charge in [-0.1, -0.05) is 80.6 Å². The molecule has 9 heteroatoms. The van der Waals surface area contributed by atoms with Crippen molar-refractivity contribution in [1.29, 1.82) is 0 Å². The fraction of sp³-hybridized carbons (Fsp3) is 0.464. The van der Waals surface area contributed by atoms with E-state index in [1.807, 2.05) is 48.5 Å². The van der Waals surface area contributed by atoms with E-state index in [1.54, 1.807) is 12.1 Å². The van der Waals surface area contributed by atoms with Gasteiger partial charge in [-0.2, -0.15) is 0 Å². The highest BCUT2D eigenvalue weighted by molar-refractivity contribution is 5.96. The molecule has 5 N–H and O–H groups in total. The van der Waals surface area contributed by atoms with Crippen LogP contribution in [0.5, 0.6) is 5.75 Å². The second kappa shape index (κ2) is 13.2. The van der Waals surface area contributed by atoms with E-state index in [-0.39, 0.29) is 12.5 Å². The number of carbonyl (C=O) groups is 3. The third-order valence-corrected chi connectivity index (χ3v) is 6.85. The molecule has 4 unspecified atom stereocenters. The zero-order valence-electron chi connectivity index (χ0n) is 20.9. The Kier molecular flexibility index (Phi) is 9.51. The van der Waals surface area contributed by atoms with Gasteiger partial charge in [0.15, 0.2) is 6.04 Å². The van der Waals surface area contributed by atoms with E-state index < -0.39 is 36.2 Å². The maximum atomic E-state index is 13.3. The average molecular weight is 509 g/mol. The van der Waals surface area contributed by atoms with E-state index in [4.69, 9.17) is 15.2 Å². The second-order valence-corrected chi connectivity index (χ2v) is 9.75. The molecule has 198 valence electrons. The van der Waals surface area contributed by atoms with E-state index in [0.29, 0.717) is 24.7 Å². The van der Waals surface area contributed by atoms with Crippen LogP contribution in [0.25, 0.3) is 0 Å². The predicted octanol–water partition coefficient (Wildman–Crippen LogP) is 2.01. The fourth-order valence-electron chi connectivity index (χ4n) is 4.71. The number of hydrogen-bond donors (Lipinski definition) is 4. The minimum atomic E-state index is -0.925. The van der Waals surface area contributed by atoms with Gasteiger partial charge in [-0.05, 0) is 30.0 Å². The smallest absolute Gasteiger partial charge is 0.251 e. The normalized spacial score (nSPS) is 21.2. The van der Waals surface area contributed by atoms with Gasteiger partial charge < -0.3 is 31.2 Å². The lowest BCUT2D eigenvalue weighted by atomic mass is 9.84. The Labute approximate surface area is 217 Å². The molecule has 0 bridgehead atoms. The van der Waals surface area contributed by atoms with Crippen molar-refractivity contribution in [2.75, 3.05) is 6.61 Å². The summed E-state index contributed by atoms with van der Waals surface area (Å²) in [5.41, 5.74) is 7.06. The van der Waals surface area contributed by atoms with Gasteiger partial charge in [-0.25, -0.2) is 0 Å². The minimum absolute atomic E-state index is 0.0243. The lowest BCUT2D eigenvalue weighted by Gasteiger charge is -2.37. The Bertz CT molecular complexity index is 1030. The van der Waals surface area contributed by atoms with Crippen molar-refractivity contribution in [3.63, 3.8) is 0 Å². The minimum Gasteiger partial charge on any atom is -0.468 e. The molecule has 1 aliphatic heterocycles. The van der Waals surface area contributed by atoms with Crippen LogP contribution in [0.4, 0.5) is 0 Å². The summed E-state index contributed by atoms with van der Waals surface area (Å²) in [5.74, 6) is -0.303. The molecule has 2 aromatic carbocycles. The van der Waals surface area contributed by atoms with Crippen molar-refractivity contribution in [3.05, 3.63) is 66.2 Å². The van der Waals surface area contributed by atoms with E-state index in [1.165, 1.54) is 6.42 Å². The number of carbonyl (C=O) groups excluding carboxylic acids is 3. The summed E-state index contributed by atoms with van der Waals surface area (Å²) in [6, 6.07) is 16.1. The van der Waals surface area contributed by atoms with Gasteiger partial charge in [0, 0.05) is 0 Å².